The lowest BCUT2D eigenvalue weighted by Crippen LogP contribution is -2.08. The molecule has 2 aromatic rings. The summed E-state index contributed by atoms with van der Waals surface area (Å²) in [7, 11) is 0. The summed E-state index contributed by atoms with van der Waals surface area (Å²) in [5.74, 6) is 7.48. The minimum absolute atomic E-state index is 0.580. The number of ether oxygens (including phenoxy) is 2. The van der Waals surface area contributed by atoms with Crippen LogP contribution in [0.4, 0.5) is 5.82 Å². The second-order valence-corrected chi connectivity index (χ2v) is 5.24. The normalized spacial score (nSPS) is 13.7. The van der Waals surface area contributed by atoms with Crippen LogP contribution in [-0.4, -0.2) is 23.2 Å². The van der Waals surface area contributed by atoms with Gasteiger partial charge in [-0.1, -0.05) is 11.8 Å². The van der Waals surface area contributed by atoms with Gasteiger partial charge >= 0.3 is 0 Å². The minimum atomic E-state index is 0.580. The molecule has 1 aromatic carbocycles. The molecule has 0 saturated heterocycles. The van der Waals surface area contributed by atoms with Crippen molar-refractivity contribution in [3.05, 3.63) is 30.6 Å². The Morgan fingerprint density at radius 2 is 1.95 bits per heavy atom. The number of nitrogen functional groups attached to an aromatic ring is 1. The number of aromatic nitrogens is 2. The molecule has 0 unspecified atom stereocenters. The van der Waals surface area contributed by atoms with Gasteiger partial charge in [0.25, 0.3) is 0 Å². The zero-order valence-corrected chi connectivity index (χ0v) is 11.5. The van der Waals surface area contributed by atoms with Gasteiger partial charge in [-0.05, 0) is 18.2 Å². The number of nitrogens with zero attached hydrogens (tertiary/aromatic N) is 2. The van der Waals surface area contributed by atoms with E-state index in [1.807, 2.05) is 18.2 Å². The average Bonchev–Trinajstić information content (AvgIpc) is 2.72. The lowest BCUT2D eigenvalue weighted by Gasteiger charge is -2.09. The molecule has 0 bridgehead atoms. The summed E-state index contributed by atoms with van der Waals surface area (Å²) in [5.41, 5.74) is 2.50. The summed E-state index contributed by atoms with van der Waals surface area (Å²) in [5, 5.41) is 0.808. The lowest BCUT2D eigenvalue weighted by atomic mass is 10.3. The maximum atomic E-state index is 5.67. The highest BCUT2D eigenvalue weighted by atomic mass is 32.2. The fourth-order valence-electron chi connectivity index (χ4n) is 1.80. The van der Waals surface area contributed by atoms with Crippen molar-refractivity contribution in [1.29, 1.82) is 0 Å². The molecule has 1 aliphatic rings. The van der Waals surface area contributed by atoms with Crippen molar-refractivity contribution in [2.75, 3.05) is 18.6 Å². The van der Waals surface area contributed by atoms with Crippen molar-refractivity contribution in [3.63, 3.8) is 0 Å². The quantitative estimate of drug-likeness (QED) is 0.508. The van der Waals surface area contributed by atoms with Crippen LogP contribution in [0.15, 0.2) is 40.5 Å². The predicted octanol–water partition coefficient (Wildman–Crippen LogP) is 2.07. The highest BCUT2D eigenvalue weighted by Gasteiger charge is 2.11. The van der Waals surface area contributed by atoms with Crippen molar-refractivity contribution in [3.8, 4) is 11.5 Å². The second kappa shape index (κ2) is 5.98. The lowest BCUT2D eigenvalue weighted by molar-refractivity contribution is 0.297. The molecule has 0 atom stereocenters. The van der Waals surface area contributed by atoms with E-state index in [-0.39, 0.29) is 0 Å². The number of hydrazine groups is 1. The zero-order chi connectivity index (χ0) is 13.8. The molecule has 1 aliphatic heterocycles. The highest BCUT2D eigenvalue weighted by molar-refractivity contribution is 7.99. The first kappa shape index (κ1) is 13.0. The number of fused-ring (bicyclic) bond motifs is 1. The molecule has 0 saturated carbocycles. The molecule has 20 heavy (non-hydrogen) atoms. The van der Waals surface area contributed by atoms with Gasteiger partial charge in [-0.2, -0.15) is 0 Å². The van der Waals surface area contributed by atoms with Crippen LogP contribution in [0, 0.1) is 0 Å². The molecule has 0 spiro atoms. The van der Waals surface area contributed by atoms with Gasteiger partial charge < -0.3 is 14.9 Å². The van der Waals surface area contributed by atoms with Crippen LogP contribution in [0.5, 0.6) is 11.5 Å². The number of hydrogen-bond acceptors (Lipinski definition) is 7. The second-order valence-electron chi connectivity index (χ2n) is 4.15. The van der Waals surface area contributed by atoms with E-state index in [9.17, 15) is 0 Å². The van der Waals surface area contributed by atoms with E-state index in [0.29, 0.717) is 19.0 Å². The number of anilines is 1. The first-order chi connectivity index (χ1) is 9.85. The molecule has 0 aliphatic carbocycles. The third-order valence-corrected chi connectivity index (χ3v) is 3.65. The van der Waals surface area contributed by atoms with Crippen LogP contribution in [0.2, 0.25) is 0 Å². The van der Waals surface area contributed by atoms with Crippen molar-refractivity contribution in [2.45, 2.75) is 16.3 Å². The molecule has 1 aromatic heterocycles. The fraction of sp³-hybridized carbons (Fsp3) is 0.231. The Kier molecular flexibility index (Phi) is 3.89. The van der Waals surface area contributed by atoms with Crippen molar-refractivity contribution in [2.24, 2.45) is 5.84 Å². The summed E-state index contributed by atoms with van der Waals surface area (Å²) < 4.78 is 11.3. The van der Waals surface area contributed by atoms with Gasteiger partial charge in [-0.3, -0.25) is 0 Å². The zero-order valence-electron chi connectivity index (χ0n) is 10.7. The third-order valence-electron chi connectivity index (χ3n) is 2.73. The maximum Gasteiger partial charge on any atom is 0.162 e. The van der Waals surface area contributed by atoms with Crippen LogP contribution >= 0.6 is 11.8 Å². The Labute approximate surface area is 120 Å². The molecule has 3 N–H and O–H groups in total. The van der Waals surface area contributed by atoms with Crippen molar-refractivity contribution >= 4 is 17.6 Å². The van der Waals surface area contributed by atoms with Crippen LogP contribution in [0.25, 0.3) is 0 Å². The summed E-state index contributed by atoms with van der Waals surface area (Å²) >= 11 is 1.51. The Morgan fingerprint density at radius 3 is 2.80 bits per heavy atom. The molecule has 6 nitrogen and oxygen atoms in total. The van der Waals surface area contributed by atoms with E-state index in [4.69, 9.17) is 15.3 Å². The van der Waals surface area contributed by atoms with Gasteiger partial charge in [0, 0.05) is 17.4 Å². The summed E-state index contributed by atoms with van der Waals surface area (Å²) in [6.07, 6.45) is 2.37. The number of nitrogens with one attached hydrogen (secondary N) is 1. The Hall–Kier alpha value is -1.99. The molecule has 7 heteroatoms. The molecule has 3 rings (SSSR count). The topological polar surface area (TPSA) is 82.3 Å². The molecular formula is C13H14N4O2S. The van der Waals surface area contributed by atoms with Gasteiger partial charge in [0.1, 0.15) is 17.2 Å². The average molecular weight is 290 g/mol. The number of hydrogen-bond donors (Lipinski definition) is 2. The molecular weight excluding hydrogens is 276 g/mol. The fourth-order valence-corrected chi connectivity index (χ4v) is 2.62. The van der Waals surface area contributed by atoms with Gasteiger partial charge in [-0.25, -0.2) is 15.8 Å². The van der Waals surface area contributed by atoms with E-state index in [2.05, 4.69) is 15.4 Å². The monoisotopic (exact) mass is 290 g/mol. The van der Waals surface area contributed by atoms with Gasteiger partial charge in [0.15, 0.2) is 11.5 Å². The molecule has 0 fully saturated rings. The van der Waals surface area contributed by atoms with Crippen LogP contribution in [-0.2, 0) is 0 Å². The van der Waals surface area contributed by atoms with Crippen LogP contribution in [0.1, 0.15) is 6.42 Å². The first-order valence-electron chi connectivity index (χ1n) is 6.21. The molecule has 2 heterocycles. The number of rotatable bonds is 3. The minimum Gasteiger partial charge on any atom is -0.490 e. The SMILES string of the molecule is NNc1cc(Sc2ccc3c(c2)OCCCO3)ncn1. The molecule has 104 valence electrons. The standard InChI is InChI=1S/C13H14N4O2S/c14-17-12-7-13(16-8-15-12)20-9-2-3-10-11(6-9)19-5-1-4-18-10/h2-3,6-8H,1,4-5,14H2,(H,15,16,17). The number of nitrogens with two attached hydrogens (primary N) is 1. The van der Waals surface area contributed by atoms with Crippen LogP contribution in [0.3, 0.4) is 0 Å². The van der Waals surface area contributed by atoms with Gasteiger partial charge in [0.2, 0.25) is 0 Å². The number of benzene rings is 1. The summed E-state index contributed by atoms with van der Waals surface area (Å²) in [4.78, 5) is 9.20. The van der Waals surface area contributed by atoms with Crippen molar-refractivity contribution < 1.29 is 9.47 Å². The van der Waals surface area contributed by atoms with Gasteiger partial charge in [0.05, 0.1) is 13.2 Å². The van der Waals surface area contributed by atoms with E-state index in [1.54, 1.807) is 6.07 Å². The van der Waals surface area contributed by atoms with E-state index < -0.39 is 0 Å². The Bertz CT molecular complexity index is 609. The Balaban J connectivity index is 1.82. The van der Waals surface area contributed by atoms with Crippen LogP contribution < -0.4 is 20.7 Å². The maximum absolute atomic E-state index is 5.67. The molecule has 0 radical (unpaired) electrons. The molecule has 0 amide bonds. The smallest absolute Gasteiger partial charge is 0.162 e. The van der Waals surface area contributed by atoms with Gasteiger partial charge in [-0.15, -0.1) is 0 Å². The summed E-state index contributed by atoms with van der Waals surface area (Å²) in [6.45, 7) is 1.37. The Morgan fingerprint density at radius 1 is 1.10 bits per heavy atom. The first-order valence-corrected chi connectivity index (χ1v) is 7.03. The van der Waals surface area contributed by atoms with E-state index >= 15 is 0 Å². The largest absolute Gasteiger partial charge is 0.490 e. The third kappa shape index (κ3) is 2.94. The van der Waals surface area contributed by atoms with E-state index in [1.165, 1.54) is 18.1 Å². The van der Waals surface area contributed by atoms with Crippen molar-refractivity contribution in [1.82, 2.24) is 9.97 Å². The van der Waals surface area contributed by atoms with E-state index in [0.717, 1.165) is 27.8 Å². The summed E-state index contributed by atoms with van der Waals surface area (Å²) in [6, 6.07) is 7.65. The predicted molar refractivity (Wildman–Crippen MR) is 76.0 cm³/mol. The highest BCUT2D eigenvalue weighted by Crippen LogP contribution is 2.36.